The fourth-order valence-electron chi connectivity index (χ4n) is 5.21. The Hall–Kier alpha value is -2.30. The summed E-state index contributed by atoms with van der Waals surface area (Å²) in [5, 5.41) is 1.08. The molecule has 0 unspecified atom stereocenters. The van der Waals surface area contributed by atoms with E-state index in [1.165, 1.54) is 5.56 Å². The SMILES string of the molecule is Cc1cc(C)c2c(CC(=O)N(C)[C@@H]3C[C@@H]4CC(=O)N(C)C[C@@H]4C3)coc2c1C. The summed E-state index contributed by atoms with van der Waals surface area (Å²) >= 11 is 0. The highest BCUT2D eigenvalue weighted by molar-refractivity contribution is 5.92. The van der Waals surface area contributed by atoms with Gasteiger partial charge in [0.05, 0.1) is 12.7 Å². The van der Waals surface area contributed by atoms with Crippen LogP contribution >= 0.6 is 0 Å². The maximum absolute atomic E-state index is 13.0. The van der Waals surface area contributed by atoms with Crippen LogP contribution in [0.5, 0.6) is 0 Å². The average molecular weight is 383 g/mol. The van der Waals surface area contributed by atoms with Gasteiger partial charge in [-0.2, -0.15) is 0 Å². The number of carbonyl (C=O) groups is 2. The van der Waals surface area contributed by atoms with Crippen LogP contribution in [0.15, 0.2) is 16.7 Å². The molecular formula is C23H30N2O3. The molecule has 1 saturated heterocycles. The lowest BCUT2D eigenvalue weighted by Gasteiger charge is -2.31. The topological polar surface area (TPSA) is 53.8 Å². The second-order valence-corrected chi connectivity index (χ2v) is 8.91. The normalized spacial score (nSPS) is 24.7. The van der Waals surface area contributed by atoms with Crippen molar-refractivity contribution in [3.05, 3.63) is 34.6 Å². The van der Waals surface area contributed by atoms with Crippen molar-refractivity contribution in [3.8, 4) is 0 Å². The van der Waals surface area contributed by atoms with Crippen molar-refractivity contribution in [1.29, 1.82) is 0 Å². The van der Waals surface area contributed by atoms with Crippen molar-refractivity contribution < 1.29 is 14.0 Å². The highest BCUT2D eigenvalue weighted by Crippen LogP contribution is 2.40. The van der Waals surface area contributed by atoms with Gasteiger partial charge in [-0.3, -0.25) is 9.59 Å². The van der Waals surface area contributed by atoms with Gasteiger partial charge in [-0.25, -0.2) is 0 Å². The van der Waals surface area contributed by atoms with Gasteiger partial charge in [0.25, 0.3) is 0 Å². The number of carbonyl (C=O) groups excluding carboxylic acids is 2. The minimum atomic E-state index is 0.128. The number of benzene rings is 1. The zero-order chi connectivity index (χ0) is 20.2. The van der Waals surface area contributed by atoms with Crippen LogP contribution in [0.1, 0.15) is 41.5 Å². The van der Waals surface area contributed by atoms with E-state index < -0.39 is 0 Å². The van der Waals surface area contributed by atoms with Crippen molar-refractivity contribution in [2.75, 3.05) is 20.6 Å². The standard InChI is InChI=1S/C23H30N2O3/c1-13-6-14(2)22-18(12-28-23(22)15(13)3)10-21(27)25(5)19-7-16-9-20(26)24(4)11-17(16)8-19/h6,12,16-17,19H,7-11H2,1-5H3/t16-,17+,19-/m1/s1. The molecule has 5 nitrogen and oxygen atoms in total. The van der Waals surface area contributed by atoms with E-state index in [9.17, 15) is 9.59 Å². The zero-order valence-electron chi connectivity index (χ0n) is 17.5. The number of hydrogen-bond donors (Lipinski definition) is 0. The molecule has 0 spiro atoms. The van der Waals surface area contributed by atoms with Gasteiger partial charge >= 0.3 is 0 Å². The summed E-state index contributed by atoms with van der Waals surface area (Å²) in [6.45, 7) is 7.06. The zero-order valence-corrected chi connectivity index (χ0v) is 17.5. The molecule has 28 heavy (non-hydrogen) atoms. The van der Waals surface area contributed by atoms with Crippen molar-refractivity contribution in [2.24, 2.45) is 11.8 Å². The lowest BCUT2D eigenvalue weighted by molar-refractivity contribution is -0.135. The quantitative estimate of drug-likeness (QED) is 0.815. The van der Waals surface area contributed by atoms with E-state index in [2.05, 4.69) is 26.8 Å². The van der Waals surface area contributed by atoms with Gasteiger partial charge in [-0.05, 0) is 62.1 Å². The number of likely N-dealkylation sites (tertiary alicyclic amines) is 1. The largest absolute Gasteiger partial charge is 0.464 e. The van der Waals surface area contributed by atoms with E-state index >= 15 is 0 Å². The van der Waals surface area contributed by atoms with Crippen LogP contribution in [-0.4, -0.2) is 48.3 Å². The highest BCUT2D eigenvalue weighted by atomic mass is 16.3. The number of fused-ring (bicyclic) bond motifs is 2. The molecule has 1 aliphatic carbocycles. The predicted octanol–water partition coefficient (Wildman–Crippen LogP) is 3.62. The molecule has 0 radical (unpaired) electrons. The first kappa shape index (κ1) is 19.0. The second kappa shape index (κ2) is 6.94. The first-order valence-corrected chi connectivity index (χ1v) is 10.2. The predicted molar refractivity (Wildman–Crippen MR) is 109 cm³/mol. The first-order valence-electron chi connectivity index (χ1n) is 10.2. The van der Waals surface area contributed by atoms with Gasteiger partial charge in [-0.15, -0.1) is 0 Å². The molecule has 0 N–H and O–H groups in total. The van der Waals surface area contributed by atoms with E-state index in [4.69, 9.17) is 4.42 Å². The maximum Gasteiger partial charge on any atom is 0.227 e. The third kappa shape index (κ3) is 3.11. The van der Waals surface area contributed by atoms with Gasteiger partial charge < -0.3 is 14.2 Å². The van der Waals surface area contributed by atoms with Crippen molar-refractivity contribution in [1.82, 2.24) is 9.80 Å². The average Bonchev–Trinajstić information content (AvgIpc) is 3.24. The molecule has 150 valence electrons. The third-order valence-electron chi connectivity index (χ3n) is 7.10. The molecule has 2 fully saturated rings. The first-order chi connectivity index (χ1) is 13.3. The Morgan fingerprint density at radius 3 is 2.68 bits per heavy atom. The summed E-state index contributed by atoms with van der Waals surface area (Å²) in [7, 11) is 3.80. The van der Waals surface area contributed by atoms with E-state index in [-0.39, 0.29) is 17.9 Å². The Labute approximate surface area is 166 Å². The minimum absolute atomic E-state index is 0.128. The molecule has 2 aliphatic rings. The number of rotatable bonds is 3. The van der Waals surface area contributed by atoms with Gasteiger partial charge in [-0.1, -0.05) is 6.07 Å². The molecule has 2 heterocycles. The van der Waals surface area contributed by atoms with E-state index in [0.29, 0.717) is 24.7 Å². The van der Waals surface area contributed by atoms with E-state index in [1.54, 1.807) is 6.26 Å². The molecule has 1 saturated carbocycles. The lowest BCUT2D eigenvalue weighted by Crippen LogP contribution is -2.40. The van der Waals surface area contributed by atoms with Crippen LogP contribution < -0.4 is 0 Å². The van der Waals surface area contributed by atoms with Crippen molar-refractivity contribution in [2.45, 2.75) is 52.5 Å². The van der Waals surface area contributed by atoms with Crippen molar-refractivity contribution >= 4 is 22.8 Å². The molecule has 1 aromatic carbocycles. The molecule has 1 aliphatic heterocycles. The Morgan fingerprint density at radius 2 is 1.93 bits per heavy atom. The van der Waals surface area contributed by atoms with Gasteiger partial charge in [0.15, 0.2) is 0 Å². The molecule has 2 amide bonds. The molecule has 5 heteroatoms. The number of furan rings is 1. The van der Waals surface area contributed by atoms with Gasteiger partial charge in [0.2, 0.25) is 11.8 Å². The number of nitrogens with zero attached hydrogens (tertiary/aromatic N) is 2. The summed E-state index contributed by atoms with van der Waals surface area (Å²) < 4.78 is 5.83. The Morgan fingerprint density at radius 1 is 1.21 bits per heavy atom. The molecule has 2 aromatic rings. The summed E-state index contributed by atoms with van der Waals surface area (Å²) in [4.78, 5) is 28.8. The molecule has 1 aromatic heterocycles. The van der Waals surface area contributed by atoms with Crippen LogP contribution in [0, 0.1) is 32.6 Å². The Bertz CT molecular complexity index is 945. The van der Waals surface area contributed by atoms with Crippen LogP contribution in [0.3, 0.4) is 0 Å². The van der Waals surface area contributed by atoms with Crippen LogP contribution in [0.2, 0.25) is 0 Å². The van der Waals surface area contributed by atoms with E-state index in [0.717, 1.165) is 47.0 Å². The monoisotopic (exact) mass is 382 g/mol. The smallest absolute Gasteiger partial charge is 0.227 e. The lowest BCUT2D eigenvalue weighted by atomic mass is 9.88. The third-order valence-corrected chi connectivity index (χ3v) is 7.10. The number of amides is 2. The minimum Gasteiger partial charge on any atom is -0.464 e. The Balaban J connectivity index is 1.50. The summed E-state index contributed by atoms with van der Waals surface area (Å²) in [6.07, 6.45) is 4.67. The fourth-order valence-corrected chi connectivity index (χ4v) is 5.21. The highest BCUT2D eigenvalue weighted by Gasteiger charge is 2.42. The second-order valence-electron chi connectivity index (χ2n) is 8.91. The summed E-state index contributed by atoms with van der Waals surface area (Å²) in [6, 6.07) is 2.39. The van der Waals surface area contributed by atoms with Crippen LogP contribution in [0.25, 0.3) is 11.0 Å². The number of likely N-dealkylation sites (N-methyl/N-ethyl adjacent to an activating group) is 1. The number of piperidine rings is 1. The molecule has 4 rings (SSSR count). The van der Waals surface area contributed by atoms with Crippen LogP contribution in [0.4, 0.5) is 0 Å². The molecule has 0 bridgehead atoms. The summed E-state index contributed by atoms with van der Waals surface area (Å²) in [5.74, 6) is 1.31. The molecular weight excluding hydrogens is 352 g/mol. The molecule has 3 atom stereocenters. The van der Waals surface area contributed by atoms with Crippen molar-refractivity contribution in [3.63, 3.8) is 0 Å². The fraction of sp³-hybridized carbons (Fsp3) is 0.565. The number of aryl methyl sites for hydroxylation is 3. The van der Waals surface area contributed by atoms with Crippen LogP contribution in [-0.2, 0) is 16.0 Å². The van der Waals surface area contributed by atoms with Gasteiger partial charge in [0, 0.05) is 44.1 Å². The van der Waals surface area contributed by atoms with E-state index in [1.807, 2.05) is 23.9 Å². The Kier molecular flexibility index (Phi) is 4.72. The number of hydrogen-bond acceptors (Lipinski definition) is 3. The summed E-state index contributed by atoms with van der Waals surface area (Å²) in [5.41, 5.74) is 5.38. The maximum atomic E-state index is 13.0. The van der Waals surface area contributed by atoms with Gasteiger partial charge in [0.1, 0.15) is 5.58 Å².